The fourth-order valence-corrected chi connectivity index (χ4v) is 3.47. The fourth-order valence-electron chi connectivity index (χ4n) is 2.58. The van der Waals surface area contributed by atoms with Crippen LogP contribution in [0.1, 0.15) is 25.3 Å². The number of carbonyl (C=O) groups excluding carboxylic acids is 1. The van der Waals surface area contributed by atoms with Gasteiger partial charge in [0, 0.05) is 24.5 Å². The van der Waals surface area contributed by atoms with Gasteiger partial charge in [0.25, 0.3) is 0 Å². The minimum absolute atomic E-state index is 0.0142. The van der Waals surface area contributed by atoms with E-state index in [4.69, 9.17) is 4.74 Å². The fraction of sp³-hybridized carbons (Fsp3) is 0.412. The summed E-state index contributed by atoms with van der Waals surface area (Å²) in [5.74, 6) is 0.0142. The number of carbonyl (C=O) groups is 1. The standard InChI is InChI=1S/C17H20N2O2S/c1-12-5-7-14(8-6-12)16-11-22-17(18-16)19(13(2)20)10-15-4-3-9-21-15/h5-8,11,15H,3-4,9-10H2,1-2H3/t15-/m0/s1. The molecule has 2 aromatic rings. The summed E-state index contributed by atoms with van der Waals surface area (Å²) in [6.07, 6.45) is 2.22. The van der Waals surface area contributed by atoms with Gasteiger partial charge in [-0.3, -0.25) is 9.69 Å². The lowest BCUT2D eigenvalue weighted by atomic mass is 10.1. The van der Waals surface area contributed by atoms with Gasteiger partial charge >= 0.3 is 0 Å². The van der Waals surface area contributed by atoms with Crippen LogP contribution in [-0.2, 0) is 9.53 Å². The Bertz CT molecular complexity index is 645. The Morgan fingerprint density at radius 2 is 2.18 bits per heavy atom. The molecular formula is C17H20N2O2S. The second-order valence-corrected chi connectivity index (χ2v) is 6.48. The zero-order valence-corrected chi connectivity index (χ0v) is 13.7. The first-order chi connectivity index (χ1) is 10.6. The van der Waals surface area contributed by atoms with Crippen molar-refractivity contribution in [2.24, 2.45) is 0 Å². The minimum Gasteiger partial charge on any atom is -0.376 e. The normalized spacial score (nSPS) is 17.6. The Kier molecular flexibility index (Phi) is 4.55. The molecule has 1 aromatic carbocycles. The van der Waals surface area contributed by atoms with E-state index in [2.05, 4.69) is 36.2 Å². The SMILES string of the molecule is CC(=O)N(C[C@@H]1CCCO1)c1nc(-c2ccc(C)cc2)cs1. The number of thiazole rings is 1. The van der Waals surface area contributed by atoms with Crippen molar-refractivity contribution in [3.05, 3.63) is 35.2 Å². The summed E-state index contributed by atoms with van der Waals surface area (Å²) in [5.41, 5.74) is 3.22. The number of nitrogens with zero attached hydrogens (tertiary/aromatic N) is 2. The first kappa shape index (κ1) is 15.2. The minimum atomic E-state index is 0.0142. The number of hydrogen-bond donors (Lipinski definition) is 0. The molecule has 1 atom stereocenters. The summed E-state index contributed by atoms with van der Waals surface area (Å²) in [6.45, 7) is 5.04. The molecule has 0 aliphatic carbocycles. The maximum absolute atomic E-state index is 12.0. The molecule has 2 heterocycles. The third-order valence-electron chi connectivity index (χ3n) is 3.86. The summed E-state index contributed by atoms with van der Waals surface area (Å²) in [4.78, 5) is 18.3. The lowest BCUT2D eigenvalue weighted by Crippen LogP contribution is -2.35. The van der Waals surface area contributed by atoms with Crippen LogP contribution in [0.15, 0.2) is 29.6 Å². The number of benzene rings is 1. The molecule has 0 bridgehead atoms. The summed E-state index contributed by atoms with van der Waals surface area (Å²) in [7, 11) is 0. The van der Waals surface area contributed by atoms with E-state index in [1.54, 1.807) is 11.8 Å². The van der Waals surface area contributed by atoms with Crippen LogP contribution in [0.3, 0.4) is 0 Å². The average Bonchev–Trinajstić information content (AvgIpc) is 3.17. The second kappa shape index (κ2) is 6.58. The zero-order valence-electron chi connectivity index (χ0n) is 12.9. The van der Waals surface area contributed by atoms with Crippen molar-refractivity contribution in [3.8, 4) is 11.3 Å². The molecule has 116 valence electrons. The Labute approximate surface area is 134 Å². The molecule has 1 saturated heterocycles. The Balaban J connectivity index is 1.80. The molecule has 3 rings (SSSR count). The predicted octanol–water partition coefficient (Wildman–Crippen LogP) is 3.65. The highest BCUT2D eigenvalue weighted by molar-refractivity contribution is 7.14. The molecule has 1 amide bonds. The molecule has 22 heavy (non-hydrogen) atoms. The van der Waals surface area contributed by atoms with Crippen LogP contribution in [0.2, 0.25) is 0 Å². The van der Waals surface area contributed by atoms with E-state index in [-0.39, 0.29) is 12.0 Å². The van der Waals surface area contributed by atoms with Crippen LogP contribution < -0.4 is 4.90 Å². The Morgan fingerprint density at radius 3 is 2.82 bits per heavy atom. The van der Waals surface area contributed by atoms with Crippen molar-refractivity contribution in [2.75, 3.05) is 18.1 Å². The van der Waals surface area contributed by atoms with Gasteiger partial charge in [0.2, 0.25) is 5.91 Å². The molecule has 5 heteroatoms. The molecule has 0 unspecified atom stereocenters. The second-order valence-electron chi connectivity index (χ2n) is 5.65. The summed E-state index contributed by atoms with van der Waals surface area (Å²) < 4.78 is 5.64. The van der Waals surface area contributed by atoms with Gasteiger partial charge in [0.05, 0.1) is 18.3 Å². The first-order valence-electron chi connectivity index (χ1n) is 7.56. The predicted molar refractivity (Wildman–Crippen MR) is 89.3 cm³/mol. The third-order valence-corrected chi connectivity index (χ3v) is 4.72. The molecule has 1 fully saturated rings. The van der Waals surface area contributed by atoms with Crippen LogP contribution in [0.25, 0.3) is 11.3 Å². The number of amides is 1. The average molecular weight is 316 g/mol. The van der Waals surface area contributed by atoms with E-state index < -0.39 is 0 Å². The van der Waals surface area contributed by atoms with E-state index in [1.165, 1.54) is 16.9 Å². The van der Waals surface area contributed by atoms with Gasteiger partial charge in [0.1, 0.15) is 0 Å². The van der Waals surface area contributed by atoms with Crippen LogP contribution in [-0.4, -0.2) is 30.1 Å². The first-order valence-corrected chi connectivity index (χ1v) is 8.44. The number of hydrogen-bond acceptors (Lipinski definition) is 4. The van der Waals surface area contributed by atoms with Crippen LogP contribution >= 0.6 is 11.3 Å². The van der Waals surface area contributed by atoms with Crippen molar-refractivity contribution < 1.29 is 9.53 Å². The summed E-state index contributed by atoms with van der Waals surface area (Å²) >= 11 is 1.51. The quantitative estimate of drug-likeness (QED) is 0.864. The largest absolute Gasteiger partial charge is 0.376 e. The molecule has 0 saturated carbocycles. The molecule has 1 aromatic heterocycles. The zero-order chi connectivity index (χ0) is 15.5. The van der Waals surface area contributed by atoms with Crippen molar-refractivity contribution >= 4 is 22.4 Å². The van der Waals surface area contributed by atoms with E-state index in [0.29, 0.717) is 6.54 Å². The molecule has 0 radical (unpaired) electrons. The lowest BCUT2D eigenvalue weighted by molar-refractivity contribution is -0.116. The maximum Gasteiger partial charge on any atom is 0.225 e. The van der Waals surface area contributed by atoms with Crippen molar-refractivity contribution in [1.29, 1.82) is 0 Å². The van der Waals surface area contributed by atoms with Gasteiger partial charge in [-0.2, -0.15) is 0 Å². The molecule has 1 aliphatic heterocycles. The number of aromatic nitrogens is 1. The van der Waals surface area contributed by atoms with Crippen molar-refractivity contribution in [1.82, 2.24) is 4.98 Å². The highest BCUT2D eigenvalue weighted by Crippen LogP contribution is 2.28. The molecular weight excluding hydrogens is 296 g/mol. The van der Waals surface area contributed by atoms with Crippen molar-refractivity contribution in [3.63, 3.8) is 0 Å². The van der Waals surface area contributed by atoms with E-state index in [1.807, 2.05) is 5.38 Å². The lowest BCUT2D eigenvalue weighted by Gasteiger charge is -2.21. The van der Waals surface area contributed by atoms with Crippen LogP contribution in [0, 0.1) is 6.92 Å². The number of aryl methyl sites for hydroxylation is 1. The van der Waals surface area contributed by atoms with E-state index >= 15 is 0 Å². The highest BCUT2D eigenvalue weighted by atomic mass is 32.1. The smallest absolute Gasteiger partial charge is 0.225 e. The molecule has 0 spiro atoms. The topological polar surface area (TPSA) is 42.4 Å². The van der Waals surface area contributed by atoms with Crippen molar-refractivity contribution in [2.45, 2.75) is 32.8 Å². The van der Waals surface area contributed by atoms with Crippen LogP contribution in [0.5, 0.6) is 0 Å². The Hall–Kier alpha value is -1.72. The molecule has 1 aliphatic rings. The van der Waals surface area contributed by atoms with E-state index in [0.717, 1.165) is 35.8 Å². The van der Waals surface area contributed by atoms with E-state index in [9.17, 15) is 4.79 Å². The van der Waals surface area contributed by atoms with Gasteiger partial charge < -0.3 is 4.74 Å². The number of ether oxygens (including phenoxy) is 1. The monoisotopic (exact) mass is 316 g/mol. The molecule has 0 N–H and O–H groups in total. The van der Waals surface area contributed by atoms with Gasteiger partial charge in [0.15, 0.2) is 5.13 Å². The molecule has 4 nitrogen and oxygen atoms in total. The maximum atomic E-state index is 12.0. The Morgan fingerprint density at radius 1 is 1.41 bits per heavy atom. The van der Waals surface area contributed by atoms with Gasteiger partial charge in [-0.1, -0.05) is 29.8 Å². The van der Waals surface area contributed by atoms with Gasteiger partial charge in [-0.05, 0) is 19.8 Å². The highest BCUT2D eigenvalue weighted by Gasteiger charge is 2.23. The summed E-state index contributed by atoms with van der Waals surface area (Å²) in [5, 5.41) is 2.75. The van der Waals surface area contributed by atoms with Crippen LogP contribution in [0.4, 0.5) is 5.13 Å². The number of rotatable bonds is 4. The van der Waals surface area contributed by atoms with Gasteiger partial charge in [-0.25, -0.2) is 4.98 Å². The third kappa shape index (κ3) is 3.36. The number of anilines is 1. The van der Waals surface area contributed by atoms with Gasteiger partial charge in [-0.15, -0.1) is 11.3 Å². The summed E-state index contributed by atoms with van der Waals surface area (Å²) in [6, 6.07) is 8.27.